The van der Waals surface area contributed by atoms with Gasteiger partial charge >= 0.3 is 5.97 Å². The van der Waals surface area contributed by atoms with E-state index in [-0.39, 0.29) is 5.97 Å². The minimum Gasteiger partial charge on any atom is -0.464 e. The SMILES string of the molecule is COC(=O)c1nc(C2CCCNC2)n2cccc(C)c12. The topological polar surface area (TPSA) is 55.6 Å². The molecule has 20 heavy (non-hydrogen) atoms. The number of carbonyl (C=O) groups excluding carboxylic acids is 1. The van der Waals surface area contributed by atoms with E-state index in [1.54, 1.807) is 0 Å². The van der Waals surface area contributed by atoms with Crippen LogP contribution in [0.2, 0.25) is 0 Å². The van der Waals surface area contributed by atoms with Crippen LogP contribution in [-0.4, -0.2) is 35.6 Å². The minimum absolute atomic E-state index is 0.344. The fourth-order valence-electron chi connectivity index (χ4n) is 2.93. The van der Waals surface area contributed by atoms with Crippen molar-refractivity contribution < 1.29 is 9.53 Å². The van der Waals surface area contributed by atoms with Crippen molar-refractivity contribution in [3.8, 4) is 0 Å². The van der Waals surface area contributed by atoms with E-state index in [4.69, 9.17) is 4.74 Å². The maximum Gasteiger partial charge on any atom is 0.358 e. The lowest BCUT2D eigenvalue weighted by molar-refractivity contribution is 0.0596. The van der Waals surface area contributed by atoms with Gasteiger partial charge in [-0.15, -0.1) is 0 Å². The van der Waals surface area contributed by atoms with Gasteiger partial charge in [-0.25, -0.2) is 9.78 Å². The molecule has 3 heterocycles. The average molecular weight is 273 g/mol. The number of esters is 1. The molecule has 0 spiro atoms. The zero-order valence-corrected chi connectivity index (χ0v) is 11.8. The second-order valence-electron chi connectivity index (χ2n) is 5.26. The van der Waals surface area contributed by atoms with E-state index in [0.717, 1.165) is 42.8 Å². The molecular weight excluding hydrogens is 254 g/mol. The van der Waals surface area contributed by atoms with E-state index in [1.807, 2.05) is 29.7 Å². The van der Waals surface area contributed by atoms with Crippen molar-refractivity contribution in [1.82, 2.24) is 14.7 Å². The third-order valence-electron chi connectivity index (χ3n) is 3.93. The molecule has 3 rings (SSSR count). The molecular formula is C15H19N3O2. The van der Waals surface area contributed by atoms with E-state index in [9.17, 15) is 4.79 Å². The average Bonchev–Trinajstić information content (AvgIpc) is 2.88. The van der Waals surface area contributed by atoms with E-state index in [2.05, 4.69) is 10.3 Å². The first-order chi connectivity index (χ1) is 9.72. The van der Waals surface area contributed by atoms with Gasteiger partial charge in [0.05, 0.1) is 12.6 Å². The minimum atomic E-state index is -0.369. The number of aryl methyl sites for hydroxylation is 1. The molecule has 1 N–H and O–H groups in total. The van der Waals surface area contributed by atoms with Gasteiger partial charge in [-0.05, 0) is 37.9 Å². The van der Waals surface area contributed by atoms with E-state index in [0.29, 0.717) is 11.6 Å². The van der Waals surface area contributed by atoms with Gasteiger partial charge in [-0.2, -0.15) is 0 Å². The van der Waals surface area contributed by atoms with Crippen molar-refractivity contribution in [2.24, 2.45) is 0 Å². The van der Waals surface area contributed by atoms with Crippen LogP contribution in [0, 0.1) is 6.92 Å². The molecule has 106 valence electrons. The fourth-order valence-corrected chi connectivity index (χ4v) is 2.93. The third-order valence-corrected chi connectivity index (χ3v) is 3.93. The molecule has 0 saturated carbocycles. The van der Waals surface area contributed by atoms with Crippen LogP contribution in [0.4, 0.5) is 0 Å². The molecule has 1 aliphatic heterocycles. The van der Waals surface area contributed by atoms with Crippen LogP contribution in [0.25, 0.3) is 5.52 Å². The molecule has 0 radical (unpaired) electrons. The first kappa shape index (κ1) is 13.1. The molecule has 5 heteroatoms. The zero-order valence-electron chi connectivity index (χ0n) is 11.8. The predicted octanol–water partition coefficient (Wildman–Crippen LogP) is 1.90. The van der Waals surface area contributed by atoms with Gasteiger partial charge in [-0.3, -0.25) is 0 Å². The molecule has 0 bridgehead atoms. The Morgan fingerprint density at radius 2 is 2.40 bits per heavy atom. The van der Waals surface area contributed by atoms with Crippen LogP contribution in [0.5, 0.6) is 0 Å². The molecule has 0 aromatic carbocycles. The number of hydrogen-bond donors (Lipinski definition) is 1. The summed E-state index contributed by atoms with van der Waals surface area (Å²) in [6.07, 6.45) is 4.21. The van der Waals surface area contributed by atoms with Crippen LogP contribution in [0.3, 0.4) is 0 Å². The van der Waals surface area contributed by atoms with Crippen LogP contribution < -0.4 is 5.32 Å². The highest BCUT2D eigenvalue weighted by Crippen LogP contribution is 2.27. The van der Waals surface area contributed by atoms with E-state index >= 15 is 0 Å². The summed E-state index contributed by atoms with van der Waals surface area (Å²) in [6, 6.07) is 3.98. The third kappa shape index (κ3) is 2.08. The Labute approximate surface area is 118 Å². The second-order valence-corrected chi connectivity index (χ2v) is 5.26. The molecule has 1 unspecified atom stereocenters. The van der Waals surface area contributed by atoms with Crippen LogP contribution in [0.15, 0.2) is 18.3 Å². The molecule has 1 fully saturated rings. The van der Waals surface area contributed by atoms with Crippen molar-refractivity contribution in [1.29, 1.82) is 0 Å². The van der Waals surface area contributed by atoms with E-state index < -0.39 is 0 Å². The molecule has 1 aliphatic rings. The molecule has 5 nitrogen and oxygen atoms in total. The van der Waals surface area contributed by atoms with Gasteiger partial charge in [0.15, 0.2) is 5.69 Å². The smallest absolute Gasteiger partial charge is 0.358 e. The second kappa shape index (κ2) is 5.25. The maximum atomic E-state index is 12.0. The molecule has 2 aromatic heterocycles. The van der Waals surface area contributed by atoms with Gasteiger partial charge in [-0.1, -0.05) is 6.07 Å². The summed E-state index contributed by atoms with van der Waals surface area (Å²) in [4.78, 5) is 16.6. The Balaban J connectivity index is 2.17. The first-order valence-corrected chi connectivity index (χ1v) is 6.99. The summed E-state index contributed by atoms with van der Waals surface area (Å²) in [7, 11) is 1.40. The Kier molecular flexibility index (Phi) is 3.44. The van der Waals surface area contributed by atoms with Gasteiger partial charge in [0.25, 0.3) is 0 Å². The summed E-state index contributed by atoms with van der Waals surface area (Å²) in [5, 5.41) is 3.40. The van der Waals surface area contributed by atoms with Gasteiger partial charge in [0.2, 0.25) is 0 Å². The summed E-state index contributed by atoms with van der Waals surface area (Å²) in [6.45, 7) is 3.96. The van der Waals surface area contributed by atoms with Crippen LogP contribution in [0.1, 0.15) is 40.6 Å². The van der Waals surface area contributed by atoms with Crippen LogP contribution >= 0.6 is 0 Å². The lowest BCUT2D eigenvalue weighted by Gasteiger charge is -2.21. The Morgan fingerprint density at radius 3 is 3.10 bits per heavy atom. The summed E-state index contributed by atoms with van der Waals surface area (Å²) in [5.41, 5.74) is 2.32. The molecule has 0 amide bonds. The number of carbonyl (C=O) groups is 1. The zero-order chi connectivity index (χ0) is 14.1. The fraction of sp³-hybridized carbons (Fsp3) is 0.467. The Hall–Kier alpha value is -1.88. The number of rotatable bonds is 2. The van der Waals surface area contributed by atoms with Gasteiger partial charge in [0.1, 0.15) is 5.82 Å². The van der Waals surface area contributed by atoms with Gasteiger partial charge < -0.3 is 14.5 Å². The van der Waals surface area contributed by atoms with Crippen molar-refractivity contribution in [2.75, 3.05) is 20.2 Å². The standard InChI is InChI=1S/C15H19N3O2/c1-10-5-4-8-18-13(10)12(15(19)20-2)17-14(18)11-6-3-7-16-9-11/h4-5,8,11,16H,3,6-7,9H2,1-2H3. The highest BCUT2D eigenvalue weighted by molar-refractivity contribution is 5.96. The molecule has 1 saturated heterocycles. The number of aromatic nitrogens is 2. The lowest BCUT2D eigenvalue weighted by atomic mass is 9.99. The molecule has 2 aromatic rings. The quantitative estimate of drug-likeness (QED) is 0.849. The van der Waals surface area contributed by atoms with E-state index in [1.165, 1.54) is 7.11 Å². The number of piperidine rings is 1. The highest BCUT2D eigenvalue weighted by atomic mass is 16.5. The monoisotopic (exact) mass is 273 g/mol. The Bertz CT molecular complexity index is 642. The normalized spacial score (nSPS) is 19.2. The van der Waals surface area contributed by atoms with Crippen LogP contribution in [-0.2, 0) is 4.74 Å². The molecule has 0 aliphatic carbocycles. The number of ether oxygens (including phenoxy) is 1. The highest BCUT2D eigenvalue weighted by Gasteiger charge is 2.25. The summed E-state index contributed by atoms with van der Waals surface area (Å²) < 4.78 is 6.91. The number of fused-ring (bicyclic) bond motifs is 1. The number of imidazole rings is 1. The van der Waals surface area contributed by atoms with Crippen molar-refractivity contribution in [3.63, 3.8) is 0 Å². The number of nitrogens with one attached hydrogen (secondary N) is 1. The van der Waals surface area contributed by atoms with Crippen molar-refractivity contribution >= 4 is 11.5 Å². The summed E-state index contributed by atoms with van der Waals surface area (Å²) in [5.74, 6) is 0.930. The number of nitrogens with zero attached hydrogens (tertiary/aromatic N) is 2. The van der Waals surface area contributed by atoms with Crippen molar-refractivity contribution in [3.05, 3.63) is 35.4 Å². The molecule has 1 atom stereocenters. The lowest BCUT2D eigenvalue weighted by Crippen LogP contribution is -2.29. The number of pyridine rings is 1. The van der Waals surface area contributed by atoms with Crippen molar-refractivity contribution in [2.45, 2.75) is 25.7 Å². The van der Waals surface area contributed by atoms with Gasteiger partial charge in [0, 0.05) is 18.7 Å². The Morgan fingerprint density at radius 1 is 1.55 bits per heavy atom. The number of methoxy groups -OCH3 is 1. The maximum absolute atomic E-state index is 12.0. The first-order valence-electron chi connectivity index (χ1n) is 6.99. The number of hydrogen-bond acceptors (Lipinski definition) is 4. The largest absolute Gasteiger partial charge is 0.464 e. The summed E-state index contributed by atoms with van der Waals surface area (Å²) >= 11 is 0. The predicted molar refractivity (Wildman–Crippen MR) is 76.1 cm³/mol.